The van der Waals surface area contributed by atoms with Crippen LogP contribution in [-0.2, 0) is 0 Å². The summed E-state index contributed by atoms with van der Waals surface area (Å²) < 4.78 is 0. The van der Waals surface area contributed by atoms with Crippen molar-refractivity contribution in [3.8, 4) is 0 Å². The van der Waals surface area contributed by atoms with Gasteiger partial charge in [-0.05, 0) is 17.5 Å². The van der Waals surface area contributed by atoms with Crippen molar-refractivity contribution in [3.63, 3.8) is 0 Å². The summed E-state index contributed by atoms with van der Waals surface area (Å²) in [6, 6.07) is 8.32. The molecule has 0 spiro atoms. The third kappa shape index (κ3) is 2.00. The molecule has 0 amide bonds. The normalized spacial score (nSPS) is 19.3. The number of guanidine groups is 1. The highest BCUT2D eigenvalue weighted by atomic mass is 16.3. The van der Waals surface area contributed by atoms with Gasteiger partial charge in [-0.25, -0.2) is 0 Å². The molecule has 0 bridgehead atoms. The molecular weight excluding hydrogens is 238 g/mol. The summed E-state index contributed by atoms with van der Waals surface area (Å²) >= 11 is 0. The van der Waals surface area contributed by atoms with Crippen molar-refractivity contribution in [2.45, 2.75) is 26.9 Å². The predicted octanol–water partition coefficient (Wildman–Crippen LogP) is 2.09. The number of fused-ring (bicyclic) bond motifs is 3. The molecule has 0 aromatic heterocycles. The zero-order chi connectivity index (χ0) is 13.6. The maximum absolute atomic E-state index is 10.4. The molecule has 1 aromatic carbocycles. The fourth-order valence-electron chi connectivity index (χ4n) is 2.55. The molecule has 2 aliphatic heterocycles. The lowest BCUT2D eigenvalue weighted by Crippen LogP contribution is -2.44. The molecule has 2 heterocycles. The van der Waals surface area contributed by atoms with Gasteiger partial charge in [0.25, 0.3) is 0 Å². The minimum absolute atomic E-state index is 0.123. The molecule has 1 aromatic rings. The molecular formula is C15H21N3O. The van der Waals surface area contributed by atoms with E-state index in [4.69, 9.17) is 0 Å². The third-order valence-corrected chi connectivity index (χ3v) is 3.88. The Labute approximate surface area is 114 Å². The van der Waals surface area contributed by atoms with E-state index < -0.39 is 0 Å². The summed E-state index contributed by atoms with van der Waals surface area (Å²) in [7, 11) is 0. The van der Waals surface area contributed by atoms with E-state index in [-0.39, 0.29) is 11.5 Å². The maximum Gasteiger partial charge on any atom is 0.206 e. The second-order valence-corrected chi connectivity index (χ2v) is 6.31. The minimum atomic E-state index is -0.385. The van der Waals surface area contributed by atoms with Gasteiger partial charge in [-0.3, -0.25) is 4.99 Å². The topological polar surface area (TPSA) is 39.1 Å². The van der Waals surface area contributed by atoms with Crippen molar-refractivity contribution in [1.82, 2.24) is 0 Å². The van der Waals surface area contributed by atoms with E-state index in [9.17, 15) is 5.11 Å². The van der Waals surface area contributed by atoms with Gasteiger partial charge in [0.05, 0.1) is 30.6 Å². The zero-order valence-electron chi connectivity index (χ0n) is 11.8. The Morgan fingerprint density at radius 2 is 1.95 bits per heavy atom. The van der Waals surface area contributed by atoms with Crippen LogP contribution in [0.5, 0.6) is 0 Å². The number of nitrogens with zero attached hydrogens (tertiary/aromatic N) is 3. The molecule has 0 saturated carbocycles. The number of rotatable bonds is 2. The highest BCUT2D eigenvalue weighted by Gasteiger charge is 2.37. The fourth-order valence-corrected chi connectivity index (χ4v) is 2.55. The van der Waals surface area contributed by atoms with Crippen LogP contribution >= 0.6 is 0 Å². The molecule has 1 N–H and O–H groups in total. The first kappa shape index (κ1) is 12.5. The highest BCUT2D eigenvalue weighted by Crippen LogP contribution is 2.39. The van der Waals surface area contributed by atoms with Gasteiger partial charge in [-0.2, -0.15) is 0 Å². The van der Waals surface area contributed by atoms with Gasteiger partial charge >= 0.3 is 0 Å². The average Bonchev–Trinajstić information content (AvgIpc) is 2.91. The van der Waals surface area contributed by atoms with E-state index in [1.54, 1.807) is 0 Å². The molecule has 0 radical (unpaired) electrons. The largest absolute Gasteiger partial charge is 0.391 e. The van der Waals surface area contributed by atoms with Crippen molar-refractivity contribution in [2.24, 2.45) is 10.4 Å². The number of aliphatic hydroxyl groups excluding tert-OH is 1. The summed E-state index contributed by atoms with van der Waals surface area (Å²) in [5.74, 6) is 0.990. The van der Waals surface area contributed by atoms with Crippen LogP contribution in [0.2, 0.25) is 0 Å². The molecule has 1 atom stereocenters. The molecule has 19 heavy (non-hydrogen) atoms. The molecule has 0 aliphatic carbocycles. The number of β-amino-alcohol motifs (C(OH)–C–C–N with tert-alkyl or cyclic N) is 1. The number of para-hydroxylation sites is 2. The lowest BCUT2D eigenvalue weighted by Gasteiger charge is -2.30. The first-order chi connectivity index (χ1) is 8.98. The first-order valence-electron chi connectivity index (χ1n) is 6.85. The van der Waals surface area contributed by atoms with Crippen LogP contribution in [0.15, 0.2) is 29.3 Å². The van der Waals surface area contributed by atoms with Crippen LogP contribution in [0.25, 0.3) is 0 Å². The predicted molar refractivity (Wildman–Crippen MR) is 78.9 cm³/mol. The van der Waals surface area contributed by atoms with Crippen molar-refractivity contribution < 1.29 is 5.11 Å². The Bertz CT molecular complexity index is 518. The third-order valence-electron chi connectivity index (χ3n) is 3.88. The molecule has 2 aliphatic rings. The summed E-state index contributed by atoms with van der Waals surface area (Å²) in [6.45, 7) is 8.56. The van der Waals surface area contributed by atoms with Crippen molar-refractivity contribution in [2.75, 3.05) is 29.4 Å². The standard InChI is InChI=1S/C15H21N3O/c1-15(2,3)13(19)10-18-12-7-5-4-6-11(12)17-9-8-16-14(17)18/h4-7,13,19H,8-10H2,1-3H3. The quantitative estimate of drug-likeness (QED) is 0.884. The van der Waals surface area contributed by atoms with Crippen molar-refractivity contribution >= 4 is 17.3 Å². The summed E-state index contributed by atoms with van der Waals surface area (Å²) in [6.07, 6.45) is -0.385. The molecule has 3 rings (SSSR count). The van der Waals surface area contributed by atoms with Crippen LogP contribution in [-0.4, -0.2) is 36.8 Å². The van der Waals surface area contributed by atoms with Crippen LogP contribution < -0.4 is 9.80 Å². The van der Waals surface area contributed by atoms with Crippen LogP contribution in [0.4, 0.5) is 11.4 Å². The summed E-state index contributed by atoms with van der Waals surface area (Å²) in [5.41, 5.74) is 2.24. The van der Waals surface area contributed by atoms with E-state index in [2.05, 4.69) is 53.8 Å². The maximum atomic E-state index is 10.4. The van der Waals surface area contributed by atoms with E-state index in [0.717, 1.165) is 24.7 Å². The second kappa shape index (κ2) is 4.23. The van der Waals surface area contributed by atoms with E-state index in [0.29, 0.717) is 6.54 Å². The molecule has 102 valence electrons. The number of aliphatic imine (C=N–C) groups is 1. The number of hydrogen-bond donors (Lipinski definition) is 1. The average molecular weight is 259 g/mol. The monoisotopic (exact) mass is 259 g/mol. The number of anilines is 2. The first-order valence-corrected chi connectivity index (χ1v) is 6.85. The Morgan fingerprint density at radius 1 is 1.26 bits per heavy atom. The number of hydrogen-bond acceptors (Lipinski definition) is 4. The Balaban J connectivity index is 1.93. The van der Waals surface area contributed by atoms with Crippen LogP contribution in [0.3, 0.4) is 0 Å². The highest BCUT2D eigenvalue weighted by molar-refractivity contribution is 6.17. The van der Waals surface area contributed by atoms with Gasteiger partial charge in [-0.15, -0.1) is 0 Å². The van der Waals surface area contributed by atoms with Gasteiger partial charge in [0.2, 0.25) is 5.96 Å². The van der Waals surface area contributed by atoms with Crippen molar-refractivity contribution in [1.29, 1.82) is 0 Å². The lowest BCUT2D eigenvalue weighted by molar-refractivity contribution is 0.0714. The van der Waals surface area contributed by atoms with E-state index in [1.807, 2.05) is 6.07 Å². The number of aliphatic hydroxyl groups is 1. The van der Waals surface area contributed by atoms with Gasteiger partial charge in [0, 0.05) is 6.54 Å². The smallest absolute Gasteiger partial charge is 0.206 e. The molecule has 4 nitrogen and oxygen atoms in total. The van der Waals surface area contributed by atoms with Crippen molar-refractivity contribution in [3.05, 3.63) is 24.3 Å². The van der Waals surface area contributed by atoms with Gasteiger partial charge < -0.3 is 14.9 Å². The molecule has 0 saturated heterocycles. The lowest BCUT2D eigenvalue weighted by atomic mass is 9.89. The minimum Gasteiger partial charge on any atom is -0.391 e. The summed E-state index contributed by atoms with van der Waals surface area (Å²) in [4.78, 5) is 8.98. The van der Waals surface area contributed by atoms with Crippen LogP contribution in [0.1, 0.15) is 20.8 Å². The van der Waals surface area contributed by atoms with Gasteiger partial charge in [-0.1, -0.05) is 32.9 Å². The number of benzene rings is 1. The Morgan fingerprint density at radius 3 is 2.63 bits per heavy atom. The van der Waals surface area contributed by atoms with Crippen LogP contribution in [0, 0.1) is 5.41 Å². The Hall–Kier alpha value is -1.55. The van der Waals surface area contributed by atoms with E-state index >= 15 is 0 Å². The second-order valence-electron chi connectivity index (χ2n) is 6.31. The van der Waals surface area contributed by atoms with E-state index in [1.165, 1.54) is 5.69 Å². The molecule has 1 unspecified atom stereocenters. The Kier molecular flexibility index (Phi) is 2.78. The van der Waals surface area contributed by atoms with Gasteiger partial charge in [0.1, 0.15) is 0 Å². The molecule has 0 fully saturated rings. The fraction of sp³-hybridized carbons (Fsp3) is 0.533. The molecule has 4 heteroatoms. The summed E-state index contributed by atoms with van der Waals surface area (Å²) in [5, 5.41) is 10.4. The SMILES string of the molecule is CC(C)(C)C(O)CN1C2=NCCN2c2ccccc21. The zero-order valence-corrected chi connectivity index (χ0v) is 11.8. The van der Waals surface area contributed by atoms with Gasteiger partial charge in [0.15, 0.2) is 0 Å².